The fraction of sp³-hybridized carbons (Fsp3) is 0.0476. The maximum absolute atomic E-state index is 12.0. The van der Waals surface area contributed by atoms with E-state index >= 15 is 0 Å². The molecule has 0 heterocycles. The number of rotatable bonds is 7. The van der Waals surface area contributed by atoms with E-state index in [0.717, 1.165) is 5.69 Å². The van der Waals surface area contributed by atoms with Gasteiger partial charge in [-0.3, -0.25) is 14.9 Å². The first kappa shape index (κ1) is 20.3. The van der Waals surface area contributed by atoms with E-state index in [1.807, 2.05) is 30.3 Å². The number of hydrogen-bond acceptors (Lipinski definition) is 7. The Labute approximate surface area is 171 Å². The van der Waals surface area contributed by atoms with Crippen LogP contribution in [-0.4, -0.2) is 23.4 Å². The lowest BCUT2D eigenvalue weighted by molar-refractivity contribution is -0.384. The molecule has 0 bridgehead atoms. The molecule has 0 aromatic heterocycles. The third-order valence-electron chi connectivity index (χ3n) is 3.84. The van der Waals surface area contributed by atoms with E-state index in [1.54, 1.807) is 24.3 Å². The third-order valence-corrected chi connectivity index (χ3v) is 3.84. The second-order valence-corrected chi connectivity index (χ2v) is 6.01. The van der Waals surface area contributed by atoms with Gasteiger partial charge in [0, 0.05) is 17.8 Å². The van der Waals surface area contributed by atoms with E-state index < -0.39 is 23.4 Å². The highest BCUT2D eigenvalue weighted by molar-refractivity contribution is 5.95. The van der Waals surface area contributed by atoms with Gasteiger partial charge in [-0.25, -0.2) is 4.79 Å². The van der Waals surface area contributed by atoms with Gasteiger partial charge < -0.3 is 10.1 Å². The SMILES string of the molecule is O=C(COC(=O)c1ccc([N+](=O)[O-])cc1)Nc1ccc(N=Nc2ccccc2)cc1. The Hall–Kier alpha value is -4.40. The molecule has 0 spiro atoms. The second kappa shape index (κ2) is 9.69. The molecule has 0 aliphatic heterocycles. The normalized spacial score (nSPS) is 10.5. The van der Waals surface area contributed by atoms with Crippen molar-refractivity contribution in [2.75, 3.05) is 11.9 Å². The molecule has 0 aliphatic carbocycles. The van der Waals surface area contributed by atoms with Crippen molar-refractivity contribution in [3.8, 4) is 0 Å². The zero-order valence-electron chi connectivity index (χ0n) is 15.6. The molecule has 150 valence electrons. The highest BCUT2D eigenvalue weighted by Gasteiger charge is 2.12. The van der Waals surface area contributed by atoms with Crippen molar-refractivity contribution in [1.29, 1.82) is 0 Å². The predicted octanol–water partition coefficient (Wildman–Crippen LogP) is 4.81. The van der Waals surface area contributed by atoms with Crippen LogP contribution in [0.4, 0.5) is 22.7 Å². The molecular weight excluding hydrogens is 388 g/mol. The van der Waals surface area contributed by atoms with Crippen LogP contribution in [0, 0.1) is 10.1 Å². The fourth-order valence-electron chi connectivity index (χ4n) is 2.35. The Morgan fingerprint density at radius 3 is 2.07 bits per heavy atom. The Balaban J connectivity index is 1.49. The number of esters is 1. The van der Waals surface area contributed by atoms with Gasteiger partial charge in [-0.15, -0.1) is 0 Å². The van der Waals surface area contributed by atoms with Crippen molar-refractivity contribution in [3.63, 3.8) is 0 Å². The number of carbonyl (C=O) groups excluding carboxylic acids is 2. The van der Waals surface area contributed by atoms with Gasteiger partial charge in [0.1, 0.15) is 0 Å². The lowest BCUT2D eigenvalue weighted by Crippen LogP contribution is -2.20. The summed E-state index contributed by atoms with van der Waals surface area (Å²) in [4.78, 5) is 33.9. The molecule has 0 aliphatic rings. The lowest BCUT2D eigenvalue weighted by Gasteiger charge is -2.07. The van der Waals surface area contributed by atoms with E-state index in [4.69, 9.17) is 4.74 Å². The number of benzene rings is 3. The zero-order chi connectivity index (χ0) is 21.3. The number of azo groups is 1. The van der Waals surface area contributed by atoms with Gasteiger partial charge in [0.2, 0.25) is 0 Å². The summed E-state index contributed by atoms with van der Waals surface area (Å²) in [6.45, 7) is -0.495. The van der Waals surface area contributed by atoms with Crippen LogP contribution in [0.5, 0.6) is 0 Å². The van der Waals surface area contributed by atoms with Crippen molar-refractivity contribution in [1.82, 2.24) is 0 Å². The molecule has 0 radical (unpaired) electrons. The first-order valence-corrected chi connectivity index (χ1v) is 8.79. The number of nitro benzene ring substituents is 1. The number of ether oxygens (including phenoxy) is 1. The zero-order valence-corrected chi connectivity index (χ0v) is 15.6. The molecule has 0 unspecified atom stereocenters. The summed E-state index contributed by atoms with van der Waals surface area (Å²) in [5.74, 6) is -1.28. The number of anilines is 1. The van der Waals surface area contributed by atoms with Gasteiger partial charge in [-0.1, -0.05) is 18.2 Å². The number of nitrogens with zero attached hydrogens (tertiary/aromatic N) is 3. The summed E-state index contributed by atoms with van der Waals surface area (Å²) in [6.07, 6.45) is 0. The van der Waals surface area contributed by atoms with Crippen LogP contribution in [0.1, 0.15) is 10.4 Å². The standard InChI is InChI=1S/C21H16N4O5/c26-20(14-30-21(27)15-6-12-19(13-7-15)25(28)29)22-16-8-10-18(11-9-16)24-23-17-4-2-1-3-5-17/h1-13H,14H2,(H,22,26). The summed E-state index contributed by atoms with van der Waals surface area (Å²) in [5, 5.41) is 21.4. The minimum absolute atomic E-state index is 0.113. The van der Waals surface area contributed by atoms with Crippen LogP contribution in [0.15, 0.2) is 89.1 Å². The lowest BCUT2D eigenvalue weighted by atomic mass is 10.2. The van der Waals surface area contributed by atoms with Crippen molar-refractivity contribution in [3.05, 3.63) is 94.5 Å². The average molecular weight is 404 g/mol. The number of hydrogen-bond donors (Lipinski definition) is 1. The third kappa shape index (κ3) is 5.80. The van der Waals surface area contributed by atoms with Gasteiger partial charge in [0.25, 0.3) is 11.6 Å². The van der Waals surface area contributed by atoms with Gasteiger partial charge in [0.15, 0.2) is 6.61 Å². The molecule has 30 heavy (non-hydrogen) atoms. The Kier molecular flexibility index (Phi) is 6.57. The van der Waals surface area contributed by atoms with Gasteiger partial charge in [0.05, 0.1) is 21.9 Å². The molecule has 3 rings (SSSR count). The van der Waals surface area contributed by atoms with E-state index in [-0.39, 0.29) is 11.3 Å². The Bertz CT molecular complexity index is 1060. The topological polar surface area (TPSA) is 123 Å². The van der Waals surface area contributed by atoms with Crippen molar-refractivity contribution >= 4 is 34.6 Å². The van der Waals surface area contributed by atoms with Crippen molar-refractivity contribution in [2.45, 2.75) is 0 Å². The number of nitrogens with one attached hydrogen (secondary N) is 1. The molecule has 1 N–H and O–H groups in total. The number of non-ortho nitro benzene ring substituents is 1. The highest BCUT2D eigenvalue weighted by atomic mass is 16.6. The predicted molar refractivity (Wildman–Crippen MR) is 109 cm³/mol. The summed E-state index contributed by atoms with van der Waals surface area (Å²) >= 11 is 0. The van der Waals surface area contributed by atoms with E-state index in [2.05, 4.69) is 15.5 Å². The minimum Gasteiger partial charge on any atom is -0.452 e. The maximum Gasteiger partial charge on any atom is 0.338 e. The second-order valence-electron chi connectivity index (χ2n) is 6.01. The number of amides is 1. The van der Waals surface area contributed by atoms with E-state index in [0.29, 0.717) is 11.4 Å². The van der Waals surface area contributed by atoms with Crippen LogP contribution in [0.2, 0.25) is 0 Å². The van der Waals surface area contributed by atoms with Crippen LogP contribution < -0.4 is 5.32 Å². The molecule has 3 aromatic rings. The quantitative estimate of drug-likeness (QED) is 0.262. The number of nitro groups is 1. The molecule has 0 saturated carbocycles. The van der Waals surface area contributed by atoms with Crippen LogP contribution in [0.3, 0.4) is 0 Å². The summed E-state index contributed by atoms with van der Waals surface area (Å²) < 4.78 is 4.92. The average Bonchev–Trinajstić information content (AvgIpc) is 2.78. The number of carbonyl (C=O) groups is 2. The molecule has 0 fully saturated rings. The maximum atomic E-state index is 12.0. The van der Waals surface area contributed by atoms with E-state index in [9.17, 15) is 19.7 Å². The van der Waals surface area contributed by atoms with Gasteiger partial charge >= 0.3 is 5.97 Å². The molecule has 0 atom stereocenters. The monoisotopic (exact) mass is 404 g/mol. The molecule has 1 amide bonds. The first-order valence-electron chi connectivity index (χ1n) is 8.79. The summed E-state index contributed by atoms with van der Waals surface area (Å²) in [5.41, 5.74) is 1.81. The largest absolute Gasteiger partial charge is 0.452 e. The minimum atomic E-state index is -0.753. The molecular formula is C21H16N4O5. The highest BCUT2D eigenvalue weighted by Crippen LogP contribution is 2.20. The smallest absolute Gasteiger partial charge is 0.338 e. The molecule has 3 aromatic carbocycles. The fourth-order valence-corrected chi connectivity index (χ4v) is 2.35. The molecule has 0 saturated heterocycles. The van der Waals surface area contributed by atoms with E-state index in [1.165, 1.54) is 24.3 Å². The summed E-state index contributed by atoms with van der Waals surface area (Å²) in [7, 11) is 0. The van der Waals surface area contributed by atoms with Gasteiger partial charge in [-0.2, -0.15) is 10.2 Å². The molecule has 9 heteroatoms. The summed E-state index contributed by atoms with van der Waals surface area (Å²) in [6, 6.07) is 20.8. The van der Waals surface area contributed by atoms with Crippen molar-refractivity contribution < 1.29 is 19.2 Å². The first-order chi connectivity index (χ1) is 14.5. The Morgan fingerprint density at radius 1 is 0.867 bits per heavy atom. The van der Waals surface area contributed by atoms with Crippen LogP contribution >= 0.6 is 0 Å². The molecule has 9 nitrogen and oxygen atoms in total. The van der Waals surface area contributed by atoms with Crippen molar-refractivity contribution in [2.24, 2.45) is 10.2 Å². The van der Waals surface area contributed by atoms with Gasteiger partial charge in [-0.05, 0) is 48.5 Å². The Morgan fingerprint density at radius 2 is 1.47 bits per heavy atom. The van der Waals surface area contributed by atoms with Crippen LogP contribution in [0.25, 0.3) is 0 Å². The van der Waals surface area contributed by atoms with Crippen LogP contribution in [-0.2, 0) is 9.53 Å².